The number of nitrogens with one attached hydrogen (secondary N) is 1. The van der Waals surface area contributed by atoms with E-state index in [9.17, 15) is 18.8 Å². The summed E-state index contributed by atoms with van der Waals surface area (Å²) in [6, 6.07) is 3.77. The number of thiophene rings is 1. The van der Waals surface area contributed by atoms with Gasteiger partial charge in [-0.15, -0.1) is 11.3 Å². The first-order valence-corrected chi connectivity index (χ1v) is 10.3. The average molecular weight is 452 g/mol. The molecule has 0 saturated heterocycles. The molecule has 158 valence electrons. The molecule has 7 nitrogen and oxygen atoms in total. The molecule has 3 aromatic rings. The Bertz CT molecular complexity index is 1190. The molecule has 0 unspecified atom stereocenters. The van der Waals surface area contributed by atoms with Crippen molar-refractivity contribution >= 4 is 50.7 Å². The van der Waals surface area contributed by atoms with Gasteiger partial charge >= 0.3 is 5.97 Å². The molecule has 10 heteroatoms. The van der Waals surface area contributed by atoms with Crippen molar-refractivity contribution in [2.45, 2.75) is 27.3 Å². The van der Waals surface area contributed by atoms with Crippen LogP contribution in [-0.2, 0) is 16.1 Å². The Hall–Kier alpha value is -2.78. The Morgan fingerprint density at radius 2 is 2.10 bits per heavy atom. The lowest BCUT2D eigenvalue weighted by atomic mass is 10.2. The molecule has 0 radical (unpaired) electrons. The first-order valence-electron chi connectivity index (χ1n) is 9.08. The molecular weight excluding hydrogens is 433 g/mol. The summed E-state index contributed by atoms with van der Waals surface area (Å²) in [6.45, 7) is 5.47. The van der Waals surface area contributed by atoms with Gasteiger partial charge in [-0.2, -0.15) is 0 Å². The van der Waals surface area contributed by atoms with Gasteiger partial charge in [-0.1, -0.05) is 25.4 Å². The molecule has 1 amide bonds. The number of anilines is 1. The number of carbonyl (C=O) groups excluding carboxylic acids is 2. The zero-order valence-electron chi connectivity index (χ0n) is 16.5. The van der Waals surface area contributed by atoms with Gasteiger partial charge in [-0.3, -0.25) is 14.2 Å². The molecule has 30 heavy (non-hydrogen) atoms. The van der Waals surface area contributed by atoms with Crippen LogP contribution in [0.4, 0.5) is 10.1 Å². The lowest BCUT2D eigenvalue weighted by Gasteiger charge is -2.08. The van der Waals surface area contributed by atoms with Crippen molar-refractivity contribution in [2.24, 2.45) is 5.92 Å². The van der Waals surface area contributed by atoms with E-state index in [0.717, 1.165) is 22.0 Å². The SMILES string of the molecule is Cc1c(C(=O)OCC(C)C)sc2ncn(CC(=O)Nc3ccc(F)c(Cl)c3)c(=O)c12. The summed E-state index contributed by atoms with van der Waals surface area (Å²) in [5.41, 5.74) is 0.334. The quantitative estimate of drug-likeness (QED) is 0.572. The zero-order valence-corrected chi connectivity index (χ0v) is 18.1. The van der Waals surface area contributed by atoms with Gasteiger partial charge in [0.1, 0.15) is 22.1 Å². The average Bonchev–Trinajstić information content (AvgIpc) is 3.02. The number of hydrogen-bond donors (Lipinski definition) is 1. The molecule has 0 fully saturated rings. The van der Waals surface area contributed by atoms with E-state index in [1.807, 2.05) is 13.8 Å². The number of ether oxygens (including phenoxy) is 1. The maximum atomic E-state index is 13.2. The van der Waals surface area contributed by atoms with Gasteiger partial charge < -0.3 is 10.1 Å². The number of nitrogens with zero attached hydrogens (tertiary/aromatic N) is 2. The molecular formula is C20H19ClFN3O4S. The highest BCUT2D eigenvalue weighted by Crippen LogP contribution is 2.27. The number of esters is 1. The van der Waals surface area contributed by atoms with Crippen LogP contribution < -0.4 is 10.9 Å². The third-order valence-corrected chi connectivity index (χ3v) is 5.64. The first kappa shape index (κ1) is 21.9. The van der Waals surface area contributed by atoms with E-state index < -0.39 is 23.3 Å². The monoisotopic (exact) mass is 451 g/mol. The zero-order chi connectivity index (χ0) is 22.0. The highest BCUT2D eigenvalue weighted by molar-refractivity contribution is 7.20. The van der Waals surface area contributed by atoms with Crippen LogP contribution in [0.1, 0.15) is 29.1 Å². The van der Waals surface area contributed by atoms with Gasteiger partial charge in [0, 0.05) is 5.69 Å². The molecule has 3 rings (SSSR count). The van der Waals surface area contributed by atoms with Gasteiger partial charge in [0.2, 0.25) is 5.91 Å². The Kier molecular flexibility index (Phi) is 6.52. The van der Waals surface area contributed by atoms with Crippen LogP contribution >= 0.6 is 22.9 Å². The topological polar surface area (TPSA) is 90.3 Å². The minimum absolute atomic E-state index is 0.126. The molecule has 0 aliphatic heterocycles. The maximum Gasteiger partial charge on any atom is 0.348 e. The summed E-state index contributed by atoms with van der Waals surface area (Å²) in [5, 5.41) is 2.70. The standard InChI is InChI=1S/C20H19ClFN3O4S/c1-10(2)8-29-20(28)17-11(3)16-18(30-17)23-9-25(19(16)27)7-15(26)24-12-4-5-14(22)13(21)6-12/h4-6,9-10H,7-8H2,1-3H3,(H,24,26). The summed E-state index contributed by atoms with van der Waals surface area (Å²) >= 11 is 6.79. The van der Waals surface area contributed by atoms with E-state index in [4.69, 9.17) is 16.3 Å². The minimum atomic E-state index is -0.601. The lowest BCUT2D eigenvalue weighted by molar-refractivity contribution is -0.116. The summed E-state index contributed by atoms with van der Waals surface area (Å²) in [6.07, 6.45) is 1.25. The fourth-order valence-corrected chi connectivity index (χ4v) is 3.92. The van der Waals surface area contributed by atoms with Crippen LogP contribution in [0.15, 0.2) is 29.3 Å². The fraction of sp³-hybridized carbons (Fsp3) is 0.300. The van der Waals surface area contributed by atoms with E-state index >= 15 is 0 Å². The van der Waals surface area contributed by atoms with Crippen molar-refractivity contribution < 1.29 is 18.7 Å². The number of aromatic nitrogens is 2. The molecule has 1 aromatic carbocycles. The van der Waals surface area contributed by atoms with Crippen LogP contribution in [0.25, 0.3) is 10.2 Å². The minimum Gasteiger partial charge on any atom is -0.461 e. The molecule has 0 aliphatic carbocycles. The van der Waals surface area contributed by atoms with Crippen LogP contribution in [-0.4, -0.2) is 28.0 Å². The maximum absolute atomic E-state index is 13.2. The smallest absolute Gasteiger partial charge is 0.348 e. The van der Waals surface area contributed by atoms with Crippen molar-refractivity contribution in [1.29, 1.82) is 0 Å². The highest BCUT2D eigenvalue weighted by atomic mass is 35.5. The predicted molar refractivity (Wildman–Crippen MR) is 114 cm³/mol. The van der Waals surface area contributed by atoms with Crippen molar-refractivity contribution in [2.75, 3.05) is 11.9 Å². The number of aryl methyl sites for hydroxylation is 1. The highest BCUT2D eigenvalue weighted by Gasteiger charge is 2.21. The van der Waals surface area contributed by atoms with E-state index in [1.165, 1.54) is 18.5 Å². The number of carbonyl (C=O) groups is 2. The summed E-state index contributed by atoms with van der Waals surface area (Å²) in [4.78, 5) is 42.4. The van der Waals surface area contributed by atoms with Gasteiger partial charge in [0.05, 0.1) is 23.3 Å². The molecule has 0 bridgehead atoms. The van der Waals surface area contributed by atoms with Crippen molar-refractivity contribution in [1.82, 2.24) is 9.55 Å². The van der Waals surface area contributed by atoms with E-state index in [0.29, 0.717) is 21.0 Å². The van der Waals surface area contributed by atoms with E-state index in [1.54, 1.807) is 6.92 Å². The van der Waals surface area contributed by atoms with Crippen LogP contribution in [0.3, 0.4) is 0 Å². The third kappa shape index (κ3) is 4.68. The second-order valence-corrected chi connectivity index (χ2v) is 8.49. The largest absolute Gasteiger partial charge is 0.461 e. The van der Waals surface area contributed by atoms with Crippen LogP contribution in [0.2, 0.25) is 5.02 Å². The van der Waals surface area contributed by atoms with Crippen molar-refractivity contribution in [3.63, 3.8) is 0 Å². The normalized spacial score (nSPS) is 11.1. The Morgan fingerprint density at radius 1 is 1.37 bits per heavy atom. The number of rotatable bonds is 6. The molecule has 2 aromatic heterocycles. The Morgan fingerprint density at radius 3 is 2.77 bits per heavy atom. The van der Waals surface area contributed by atoms with Gasteiger partial charge in [-0.25, -0.2) is 14.2 Å². The fourth-order valence-electron chi connectivity index (χ4n) is 2.70. The lowest BCUT2D eigenvalue weighted by Crippen LogP contribution is -2.28. The summed E-state index contributed by atoms with van der Waals surface area (Å²) < 4.78 is 19.6. The Balaban J connectivity index is 1.83. The Labute approximate surface area is 180 Å². The molecule has 0 atom stereocenters. The number of benzene rings is 1. The second-order valence-electron chi connectivity index (χ2n) is 7.08. The van der Waals surface area contributed by atoms with E-state index in [2.05, 4.69) is 10.3 Å². The third-order valence-electron chi connectivity index (χ3n) is 4.17. The number of hydrogen-bond acceptors (Lipinski definition) is 6. The predicted octanol–water partition coefficient (Wildman–Crippen LogP) is 4.01. The number of amides is 1. The number of halogens is 2. The molecule has 2 heterocycles. The molecule has 0 aliphatic rings. The van der Waals surface area contributed by atoms with Gasteiger partial charge in [-0.05, 0) is 36.6 Å². The van der Waals surface area contributed by atoms with Gasteiger partial charge in [0.25, 0.3) is 5.56 Å². The summed E-state index contributed by atoms with van der Waals surface area (Å²) in [7, 11) is 0. The van der Waals surface area contributed by atoms with Crippen LogP contribution in [0, 0.1) is 18.7 Å². The second kappa shape index (κ2) is 8.93. The molecule has 0 saturated carbocycles. The van der Waals surface area contributed by atoms with Crippen molar-refractivity contribution in [3.05, 3.63) is 56.2 Å². The molecule has 0 spiro atoms. The summed E-state index contributed by atoms with van der Waals surface area (Å²) in [5.74, 6) is -1.42. The van der Waals surface area contributed by atoms with Gasteiger partial charge in [0.15, 0.2) is 0 Å². The molecule has 1 N–H and O–H groups in total. The van der Waals surface area contributed by atoms with Crippen LogP contribution in [0.5, 0.6) is 0 Å². The van der Waals surface area contributed by atoms with Crippen molar-refractivity contribution in [3.8, 4) is 0 Å². The van der Waals surface area contributed by atoms with E-state index in [-0.39, 0.29) is 29.5 Å². The number of fused-ring (bicyclic) bond motifs is 1. The first-order chi connectivity index (χ1) is 14.2.